The number of nitrogens with zero attached hydrogens (tertiary/aromatic N) is 3. The summed E-state index contributed by atoms with van der Waals surface area (Å²) in [6.45, 7) is 7.53. The van der Waals surface area contributed by atoms with Gasteiger partial charge in [-0.2, -0.15) is 0 Å². The lowest BCUT2D eigenvalue weighted by molar-refractivity contribution is 0.231. The molecule has 0 spiro atoms. The first-order valence-electron chi connectivity index (χ1n) is 8.58. The standard InChI is InChI=1S/C18H26N4O/c1-14(18-21-20-15(2)23-18)19-17-8-6-16(7-9-17)10-13-22-11-4-3-5-12-22/h6-9,14,19H,3-5,10-13H2,1-2H3/t14-/m0/s1. The molecule has 0 saturated carbocycles. The number of likely N-dealkylation sites (tertiary alicyclic amines) is 1. The first kappa shape index (κ1) is 16.0. The Balaban J connectivity index is 1.50. The summed E-state index contributed by atoms with van der Waals surface area (Å²) in [5.74, 6) is 1.22. The third kappa shape index (κ3) is 4.55. The third-order valence-electron chi connectivity index (χ3n) is 4.41. The van der Waals surface area contributed by atoms with Crippen LogP contribution in [-0.2, 0) is 6.42 Å². The van der Waals surface area contributed by atoms with Gasteiger partial charge >= 0.3 is 0 Å². The van der Waals surface area contributed by atoms with E-state index in [0.717, 1.165) is 12.1 Å². The minimum atomic E-state index is 0.00963. The average molecular weight is 314 g/mol. The molecule has 0 unspecified atom stereocenters. The van der Waals surface area contributed by atoms with Crippen molar-refractivity contribution in [3.05, 3.63) is 41.6 Å². The normalized spacial score (nSPS) is 17.1. The molecule has 3 rings (SSSR count). The number of anilines is 1. The van der Waals surface area contributed by atoms with E-state index in [4.69, 9.17) is 4.42 Å². The summed E-state index contributed by atoms with van der Waals surface area (Å²) in [4.78, 5) is 2.58. The largest absolute Gasteiger partial charge is 0.423 e. The van der Waals surface area contributed by atoms with Gasteiger partial charge in [-0.3, -0.25) is 0 Å². The van der Waals surface area contributed by atoms with Crippen LogP contribution in [0.15, 0.2) is 28.7 Å². The van der Waals surface area contributed by atoms with E-state index in [1.807, 2.05) is 6.92 Å². The summed E-state index contributed by atoms with van der Waals surface area (Å²) in [5.41, 5.74) is 2.47. The molecule has 1 fully saturated rings. The molecule has 0 bridgehead atoms. The number of aryl methyl sites for hydroxylation is 1. The van der Waals surface area contributed by atoms with Crippen molar-refractivity contribution >= 4 is 5.69 Å². The van der Waals surface area contributed by atoms with Crippen LogP contribution in [0.5, 0.6) is 0 Å². The van der Waals surface area contributed by atoms with Crippen molar-refractivity contribution in [2.24, 2.45) is 0 Å². The van der Waals surface area contributed by atoms with Crippen LogP contribution in [0.25, 0.3) is 0 Å². The van der Waals surface area contributed by atoms with Gasteiger partial charge in [-0.05, 0) is 57.0 Å². The molecule has 1 N–H and O–H groups in total. The molecule has 23 heavy (non-hydrogen) atoms. The van der Waals surface area contributed by atoms with Gasteiger partial charge in [0, 0.05) is 19.2 Å². The Morgan fingerprint density at radius 3 is 2.52 bits per heavy atom. The minimum absolute atomic E-state index is 0.00963. The molecule has 1 aromatic carbocycles. The van der Waals surface area contributed by atoms with E-state index in [0.29, 0.717) is 11.8 Å². The number of rotatable bonds is 6. The fraction of sp³-hybridized carbons (Fsp3) is 0.556. The third-order valence-corrected chi connectivity index (χ3v) is 4.41. The van der Waals surface area contributed by atoms with Crippen LogP contribution < -0.4 is 5.32 Å². The smallest absolute Gasteiger partial charge is 0.238 e. The molecule has 0 radical (unpaired) electrons. The van der Waals surface area contributed by atoms with Crippen LogP contribution >= 0.6 is 0 Å². The molecule has 2 aromatic rings. The summed E-state index contributed by atoms with van der Waals surface area (Å²) >= 11 is 0. The van der Waals surface area contributed by atoms with Gasteiger partial charge in [0.2, 0.25) is 11.8 Å². The number of hydrogen-bond donors (Lipinski definition) is 1. The molecule has 1 aliphatic heterocycles. The van der Waals surface area contributed by atoms with Crippen LogP contribution in [0.2, 0.25) is 0 Å². The lowest BCUT2D eigenvalue weighted by Gasteiger charge is -2.26. The number of hydrogen-bond acceptors (Lipinski definition) is 5. The maximum atomic E-state index is 5.46. The van der Waals surface area contributed by atoms with Crippen LogP contribution in [0.4, 0.5) is 5.69 Å². The van der Waals surface area contributed by atoms with Crippen LogP contribution in [0, 0.1) is 6.92 Å². The van der Waals surface area contributed by atoms with Gasteiger partial charge in [0.15, 0.2) is 0 Å². The van der Waals surface area contributed by atoms with E-state index in [2.05, 4.69) is 44.7 Å². The maximum Gasteiger partial charge on any atom is 0.238 e. The van der Waals surface area contributed by atoms with Crippen molar-refractivity contribution in [1.29, 1.82) is 0 Å². The Morgan fingerprint density at radius 1 is 1.13 bits per heavy atom. The number of benzene rings is 1. The van der Waals surface area contributed by atoms with Crippen LogP contribution in [0.1, 0.15) is 49.6 Å². The Bertz CT molecular complexity index is 602. The second-order valence-corrected chi connectivity index (χ2v) is 6.37. The molecule has 1 atom stereocenters. The average Bonchev–Trinajstić information content (AvgIpc) is 3.02. The SMILES string of the molecule is Cc1nnc([C@H](C)Nc2ccc(CCN3CCCCC3)cc2)o1. The quantitative estimate of drug-likeness (QED) is 0.883. The zero-order valence-electron chi connectivity index (χ0n) is 14.1. The van der Waals surface area contributed by atoms with E-state index in [1.54, 1.807) is 6.92 Å². The highest BCUT2D eigenvalue weighted by Crippen LogP contribution is 2.19. The Hall–Kier alpha value is -1.88. The molecule has 5 heteroatoms. The molecule has 1 saturated heterocycles. The van der Waals surface area contributed by atoms with Gasteiger partial charge in [-0.15, -0.1) is 10.2 Å². The van der Waals surface area contributed by atoms with E-state index in [1.165, 1.54) is 44.5 Å². The van der Waals surface area contributed by atoms with E-state index in [-0.39, 0.29) is 6.04 Å². The summed E-state index contributed by atoms with van der Waals surface area (Å²) in [6.07, 6.45) is 5.24. The Morgan fingerprint density at radius 2 is 1.87 bits per heavy atom. The second-order valence-electron chi connectivity index (χ2n) is 6.37. The molecule has 124 valence electrons. The molecule has 2 heterocycles. The fourth-order valence-electron chi connectivity index (χ4n) is 3.04. The molecule has 5 nitrogen and oxygen atoms in total. The molecule has 0 aliphatic carbocycles. The minimum Gasteiger partial charge on any atom is -0.423 e. The number of nitrogens with one attached hydrogen (secondary N) is 1. The van der Waals surface area contributed by atoms with Gasteiger partial charge in [-0.25, -0.2) is 0 Å². The first-order chi connectivity index (χ1) is 11.2. The molecule has 0 amide bonds. The predicted molar refractivity (Wildman–Crippen MR) is 91.5 cm³/mol. The van der Waals surface area contributed by atoms with Crippen molar-refractivity contribution in [1.82, 2.24) is 15.1 Å². The highest BCUT2D eigenvalue weighted by atomic mass is 16.4. The van der Waals surface area contributed by atoms with Crippen molar-refractivity contribution in [2.45, 2.75) is 45.6 Å². The summed E-state index contributed by atoms with van der Waals surface area (Å²) < 4.78 is 5.46. The van der Waals surface area contributed by atoms with E-state index >= 15 is 0 Å². The van der Waals surface area contributed by atoms with E-state index in [9.17, 15) is 0 Å². The maximum absolute atomic E-state index is 5.46. The van der Waals surface area contributed by atoms with Gasteiger partial charge in [0.05, 0.1) is 0 Å². The Labute approximate surface area is 138 Å². The van der Waals surface area contributed by atoms with Crippen LogP contribution in [-0.4, -0.2) is 34.7 Å². The summed E-state index contributed by atoms with van der Waals surface area (Å²) in [7, 11) is 0. The van der Waals surface area contributed by atoms with Crippen molar-refractivity contribution in [3.63, 3.8) is 0 Å². The van der Waals surface area contributed by atoms with Gasteiger partial charge < -0.3 is 14.6 Å². The Kier molecular flexibility index (Phi) is 5.28. The van der Waals surface area contributed by atoms with E-state index < -0.39 is 0 Å². The second kappa shape index (κ2) is 7.59. The fourth-order valence-corrected chi connectivity index (χ4v) is 3.04. The van der Waals surface area contributed by atoms with Gasteiger partial charge in [0.1, 0.15) is 6.04 Å². The highest BCUT2D eigenvalue weighted by Gasteiger charge is 2.12. The molecular formula is C18H26N4O. The van der Waals surface area contributed by atoms with Gasteiger partial charge in [0.25, 0.3) is 0 Å². The molecular weight excluding hydrogens is 288 g/mol. The number of aromatic nitrogens is 2. The van der Waals surface area contributed by atoms with Crippen molar-refractivity contribution in [2.75, 3.05) is 25.0 Å². The topological polar surface area (TPSA) is 54.2 Å². The zero-order chi connectivity index (χ0) is 16.1. The summed E-state index contributed by atoms with van der Waals surface area (Å²) in [5, 5.41) is 11.3. The van der Waals surface area contributed by atoms with Crippen molar-refractivity contribution < 1.29 is 4.42 Å². The molecule has 1 aliphatic rings. The van der Waals surface area contributed by atoms with Crippen LogP contribution in [0.3, 0.4) is 0 Å². The monoisotopic (exact) mass is 314 g/mol. The van der Waals surface area contributed by atoms with Crippen molar-refractivity contribution in [3.8, 4) is 0 Å². The highest BCUT2D eigenvalue weighted by molar-refractivity contribution is 5.45. The lowest BCUT2D eigenvalue weighted by Crippen LogP contribution is -2.31. The molecule has 1 aromatic heterocycles. The lowest BCUT2D eigenvalue weighted by atomic mass is 10.1. The zero-order valence-corrected chi connectivity index (χ0v) is 14.1. The first-order valence-corrected chi connectivity index (χ1v) is 8.58. The predicted octanol–water partition coefficient (Wildman–Crippen LogP) is 3.58. The van der Waals surface area contributed by atoms with Gasteiger partial charge in [-0.1, -0.05) is 18.6 Å². The number of piperidine rings is 1. The summed E-state index contributed by atoms with van der Waals surface area (Å²) in [6, 6.07) is 8.68.